The van der Waals surface area contributed by atoms with Crippen LogP contribution in [0, 0.1) is 5.82 Å². The van der Waals surface area contributed by atoms with Gasteiger partial charge in [0.15, 0.2) is 18.2 Å². The van der Waals surface area contributed by atoms with Crippen molar-refractivity contribution in [3.8, 4) is 5.75 Å². The quantitative estimate of drug-likeness (QED) is 0.813. The van der Waals surface area contributed by atoms with E-state index in [1.807, 2.05) is 6.92 Å². The number of nitrogens with one attached hydrogen (secondary N) is 1. The summed E-state index contributed by atoms with van der Waals surface area (Å²) in [7, 11) is 0. The molecule has 0 bridgehead atoms. The highest BCUT2D eigenvalue weighted by Crippen LogP contribution is 2.20. The second-order valence-corrected chi connectivity index (χ2v) is 4.12. The van der Waals surface area contributed by atoms with E-state index in [1.54, 1.807) is 13.0 Å². The van der Waals surface area contributed by atoms with Gasteiger partial charge in [-0.15, -0.1) is 0 Å². The first-order valence-electron chi connectivity index (χ1n) is 5.99. The Balaban J connectivity index is 2.55. The predicted octanol–water partition coefficient (Wildman–Crippen LogP) is 1.75. The molecule has 5 heteroatoms. The summed E-state index contributed by atoms with van der Waals surface area (Å²) in [5.74, 6) is -0.702. The largest absolute Gasteiger partial charge is 0.481 e. The molecule has 4 nitrogen and oxygen atoms in total. The molecule has 1 atom stereocenters. The summed E-state index contributed by atoms with van der Waals surface area (Å²) in [6.07, 6.45) is 0.850. The molecule has 0 spiro atoms. The van der Waals surface area contributed by atoms with E-state index in [4.69, 9.17) is 10.5 Å². The Morgan fingerprint density at radius 3 is 2.83 bits per heavy atom. The van der Waals surface area contributed by atoms with E-state index in [2.05, 4.69) is 5.32 Å². The molecule has 1 aromatic rings. The zero-order valence-corrected chi connectivity index (χ0v) is 10.7. The van der Waals surface area contributed by atoms with E-state index < -0.39 is 5.82 Å². The summed E-state index contributed by atoms with van der Waals surface area (Å²) in [5.41, 5.74) is 6.33. The summed E-state index contributed by atoms with van der Waals surface area (Å²) >= 11 is 0. The number of benzene rings is 1. The lowest BCUT2D eigenvalue weighted by Gasteiger charge is -2.10. The monoisotopic (exact) mass is 254 g/mol. The standard InChI is InChI=1S/C13H19FN2O2/c1-3-6-16-13(17)8-18-12-5-4-10(9(2)15)7-11(12)14/h4-5,7,9H,3,6,8,15H2,1-2H3,(H,16,17). The van der Waals surface area contributed by atoms with E-state index in [0.717, 1.165) is 6.42 Å². The predicted molar refractivity (Wildman–Crippen MR) is 67.8 cm³/mol. The summed E-state index contributed by atoms with van der Waals surface area (Å²) in [4.78, 5) is 11.3. The Labute approximate surface area is 106 Å². The molecule has 0 saturated carbocycles. The summed E-state index contributed by atoms with van der Waals surface area (Å²) in [5, 5.41) is 2.65. The smallest absolute Gasteiger partial charge is 0.257 e. The number of nitrogens with two attached hydrogens (primary N) is 1. The maximum absolute atomic E-state index is 13.6. The molecule has 0 aliphatic carbocycles. The van der Waals surface area contributed by atoms with Gasteiger partial charge >= 0.3 is 0 Å². The van der Waals surface area contributed by atoms with Crippen LogP contribution in [0.15, 0.2) is 18.2 Å². The third-order valence-corrected chi connectivity index (χ3v) is 2.41. The van der Waals surface area contributed by atoms with Gasteiger partial charge in [-0.25, -0.2) is 4.39 Å². The second kappa shape index (κ2) is 6.96. The van der Waals surface area contributed by atoms with Crippen molar-refractivity contribution in [3.63, 3.8) is 0 Å². The van der Waals surface area contributed by atoms with Crippen molar-refractivity contribution in [2.45, 2.75) is 26.3 Å². The van der Waals surface area contributed by atoms with Crippen LogP contribution in [-0.2, 0) is 4.79 Å². The highest BCUT2D eigenvalue weighted by molar-refractivity contribution is 5.77. The van der Waals surface area contributed by atoms with Gasteiger partial charge in [0.05, 0.1) is 0 Å². The van der Waals surface area contributed by atoms with Gasteiger partial charge in [-0.1, -0.05) is 13.0 Å². The van der Waals surface area contributed by atoms with Crippen LogP contribution in [-0.4, -0.2) is 19.1 Å². The van der Waals surface area contributed by atoms with Gasteiger partial charge in [-0.05, 0) is 31.0 Å². The minimum absolute atomic E-state index is 0.0612. The molecule has 3 N–H and O–H groups in total. The number of hydrogen-bond acceptors (Lipinski definition) is 3. The van der Waals surface area contributed by atoms with Gasteiger partial charge in [-0.2, -0.15) is 0 Å². The number of halogens is 1. The molecular formula is C13H19FN2O2. The molecular weight excluding hydrogens is 235 g/mol. The maximum Gasteiger partial charge on any atom is 0.257 e. The molecule has 0 radical (unpaired) electrons. The van der Waals surface area contributed by atoms with E-state index in [1.165, 1.54) is 12.1 Å². The third-order valence-electron chi connectivity index (χ3n) is 2.41. The highest BCUT2D eigenvalue weighted by atomic mass is 19.1. The summed E-state index contributed by atoms with van der Waals surface area (Å²) in [6, 6.07) is 4.26. The molecule has 100 valence electrons. The minimum atomic E-state index is -0.506. The van der Waals surface area contributed by atoms with Gasteiger partial charge in [0.1, 0.15) is 0 Å². The van der Waals surface area contributed by atoms with Crippen LogP contribution in [0.4, 0.5) is 4.39 Å². The lowest BCUT2D eigenvalue weighted by Crippen LogP contribution is -2.29. The van der Waals surface area contributed by atoms with Crippen LogP contribution in [0.5, 0.6) is 5.75 Å². The first kappa shape index (κ1) is 14.4. The van der Waals surface area contributed by atoms with Gasteiger partial charge in [0.25, 0.3) is 5.91 Å². The number of hydrogen-bond donors (Lipinski definition) is 2. The van der Waals surface area contributed by atoms with Crippen molar-refractivity contribution in [2.75, 3.05) is 13.2 Å². The molecule has 1 aromatic carbocycles. The average Bonchev–Trinajstić information content (AvgIpc) is 2.34. The van der Waals surface area contributed by atoms with E-state index in [9.17, 15) is 9.18 Å². The first-order valence-corrected chi connectivity index (χ1v) is 5.99. The second-order valence-electron chi connectivity index (χ2n) is 4.12. The SMILES string of the molecule is CCCNC(=O)COc1ccc(C(C)N)cc1F. The Morgan fingerprint density at radius 2 is 2.28 bits per heavy atom. The molecule has 1 unspecified atom stereocenters. The number of amides is 1. The fourth-order valence-corrected chi connectivity index (χ4v) is 1.38. The van der Waals surface area contributed by atoms with Crippen molar-refractivity contribution < 1.29 is 13.9 Å². The van der Waals surface area contributed by atoms with Crippen LogP contribution in [0.3, 0.4) is 0 Å². The first-order chi connectivity index (χ1) is 8.54. The molecule has 0 fully saturated rings. The molecule has 18 heavy (non-hydrogen) atoms. The van der Waals surface area contributed by atoms with Crippen molar-refractivity contribution in [1.29, 1.82) is 0 Å². The molecule has 1 rings (SSSR count). The van der Waals surface area contributed by atoms with Crippen LogP contribution in [0.1, 0.15) is 31.9 Å². The van der Waals surface area contributed by atoms with Gasteiger partial charge in [-0.3, -0.25) is 4.79 Å². The Morgan fingerprint density at radius 1 is 1.56 bits per heavy atom. The van der Waals surface area contributed by atoms with Gasteiger partial charge < -0.3 is 15.8 Å². The van der Waals surface area contributed by atoms with E-state index >= 15 is 0 Å². The number of carbonyl (C=O) groups is 1. The topological polar surface area (TPSA) is 64.3 Å². The fourth-order valence-electron chi connectivity index (χ4n) is 1.38. The molecule has 1 amide bonds. The van der Waals surface area contributed by atoms with Crippen LogP contribution in [0.25, 0.3) is 0 Å². The normalized spacial score (nSPS) is 12.0. The van der Waals surface area contributed by atoms with Crippen molar-refractivity contribution >= 4 is 5.91 Å². The summed E-state index contributed by atoms with van der Waals surface area (Å²) in [6.45, 7) is 4.13. The van der Waals surface area contributed by atoms with Crippen molar-refractivity contribution in [1.82, 2.24) is 5.32 Å². The van der Waals surface area contributed by atoms with E-state index in [0.29, 0.717) is 12.1 Å². The van der Waals surface area contributed by atoms with Crippen LogP contribution in [0.2, 0.25) is 0 Å². The lowest BCUT2D eigenvalue weighted by molar-refractivity contribution is -0.123. The highest BCUT2D eigenvalue weighted by Gasteiger charge is 2.09. The molecule has 0 aliphatic rings. The summed E-state index contributed by atoms with van der Waals surface area (Å²) < 4.78 is 18.7. The molecule has 0 saturated heterocycles. The van der Waals surface area contributed by atoms with Crippen molar-refractivity contribution in [2.24, 2.45) is 5.73 Å². The zero-order chi connectivity index (χ0) is 13.5. The fraction of sp³-hybridized carbons (Fsp3) is 0.462. The zero-order valence-electron chi connectivity index (χ0n) is 10.7. The molecule has 0 aliphatic heterocycles. The average molecular weight is 254 g/mol. The number of rotatable bonds is 6. The van der Waals surface area contributed by atoms with E-state index in [-0.39, 0.29) is 24.3 Å². The van der Waals surface area contributed by atoms with Gasteiger partial charge in [0, 0.05) is 12.6 Å². The third kappa shape index (κ3) is 4.33. The Kier molecular flexibility index (Phi) is 5.58. The molecule has 0 heterocycles. The minimum Gasteiger partial charge on any atom is -0.481 e. The number of carbonyl (C=O) groups excluding carboxylic acids is 1. The maximum atomic E-state index is 13.6. The van der Waals surface area contributed by atoms with Gasteiger partial charge in [0.2, 0.25) is 0 Å². The van der Waals surface area contributed by atoms with Crippen LogP contribution < -0.4 is 15.8 Å². The van der Waals surface area contributed by atoms with Crippen molar-refractivity contribution in [3.05, 3.63) is 29.6 Å². The Bertz CT molecular complexity index is 408. The lowest BCUT2D eigenvalue weighted by atomic mass is 10.1. The number of ether oxygens (including phenoxy) is 1. The molecule has 0 aromatic heterocycles. The van der Waals surface area contributed by atoms with Crippen LogP contribution >= 0.6 is 0 Å². The Hall–Kier alpha value is -1.62.